The van der Waals surface area contributed by atoms with Crippen LogP contribution in [0, 0.1) is 11.3 Å². The molecule has 16 rings (SSSR count). The lowest BCUT2D eigenvalue weighted by Crippen LogP contribution is -2.52. The van der Waals surface area contributed by atoms with Gasteiger partial charge in [0.2, 0.25) is 23.8 Å². The zero-order chi connectivity index (χ0) is 104. The maximum Gasteiger partial charge on any atom is 0.229 e. The number of rotatable bonds is 32. The van der Waals surface area contributed by atoms with Gasteiger partial charge in [-0.1, -0.05) is 70.7 Å². The Labute approximate surface area is 862 Å². The van der Waals surface area contributed by atoms with E-state index in [1.165, 1.54) is 56.7 Å². The van der Waals surface area contributed by atoms with Gasteiger partial charge in [-0.2, -0.15) is 25.2 Å². The average Bonchev–Trinajstić information content (AvgIpc) is 0.931. The van der Waals surface area contributed by atoms with Crippen molar-refractivity contribution < 1.29 is 55.1 Å². The van der Waals surface area contributed by atoms with E-state index in [-0.39, 0.29) is 32.9 Å². The Balaban J connectivity index is 0.000000161. The van der Waals surface area contributed by atoms with Gasteiger partial charge in [0.15, 0.2) is 33.1 Å². The van der Waals surface area contributed by atoms with Gasteiger partial charge in [-0.25, -0.2) is 28.4 Å². The highest BCUT2D eigenvalue weighted by atomic mass is 35.5. The fraction of sp³-hybridized carbons (Fsp3) is 0.350. The van der Waals surface area contributed by atoms with Crippen molar-refractivity contribution in [2.45, 2.75) is 55.3 Å². The molecular formula is C100H123Cl4N23O12P4S. The maximum atomic E-state index is 12.9. The third-order valence-electron chi connectivity index (χ3n) is 24.3. The first-order valence-electron chi connectivity index (χ1n) is 46.4. The summed E-state index contributed by atoms with van der Waals surface area (Å²) in [6, 6.07) is 51.2. The Bertz CT molecular complexity index is 6920. The van der Waals surface area contributed by atoms with Crippen molar-refractivity contribution in [1.29, 1.82) is 5.26 Å². The number of anilines is 19. The lowest BCUT2D eigenvalue weighted by molar-refractivity contribution is 0.122. The second-order valence-electron chi connectivity index (χ2n) is 36.3. The lowest BCUT2D eigenvalue weighted by Gasteiger charge is -2.41. The molecule has 0 bridgehead atoms. The van der Waals surface area contributed by atoms with Crippen molar-refractivity contribution >= 4 is 216 Å². The minimum atomic E-state index is -3.71. The second kappa shape index (κ2) is 49.0. The summed E-state index contributed by atoms with van der Waals surface area (Å²) < 4.78 is 110. The van der Waals surface area contributed by atoms with E-state index in [9.17, 15) is 31.9 Å². The number of nitriles is 1. The molecule has 0 radical (unpaired) electrons. The standard InChI is InChI=1S/C28H37ClN7O2P.C25H32ClN6O2P.C24H29ClN5O4P.C23H25ClN5O4PS/c1-38-25-18-21(35-14-10-20(11-15-35)36-16-12-30-13-17-36)8-9-23(25)33-28-31-19-22(29)27(34-28)32-24-6-4-5-7-26(24)39(2,3)37;1-31(2)18-12-13-32(16-18)17-10-11-20(22(14-17)34-3)29-25-27-15-19(26)24(30-25)28-21-8-6-7-9-23(21)35(4,5)33;1-32-21-13-16(30-9-11-34-12-10-30)5-7-19(21)27-23-18(25)15-26-24(29-23)28-20-8-6-17(35(3,4)31)14-22(20)33-2;1-14(2)35(31,32)21-10-15(12-25)6-8-19(21)27-22-17(24)13-26-23(29-22)28-18-9-7-16(34(4,5)30)11-20(18)33-3/h4-9,18-20,30H,10-17H2,1-3H3,(H2,31,32,33,34);6-11,14-15,18H,12-13,16H2,1-5H3,(H2,27,28,29,30);5-8,13-15H,9-12H2,1-4H3,(H2,26,27,28,29);6-11,13-14H,1-5H3,(H2,26,27,28,29)/t;18-;;/m.1../s1. The van der Waals surface area contributed by atoms with Gasteiger partial charge in [0.25, 0.3) is 0 Å². The van der Waals surface area contributed by atoms with Crippen LogP contribution in [0.3, 0.4) is 0 Å². The van der Waals surface area contributed by atoms with Crippen LogP contribution in [-0.2, 0) is 32.8 Å². The molecule has 35 nitrogen and oxygen atoms in total. The fourth-order valence-corrected chi connectivity index (χ4v) is 22.1. The molecule has 0 amide bonds. The van der Waals surface area contributed by atoms with E-state index in [4.69, 9.17) is 74.8 Å². The SMILES string of the molecule is COc1cc(N2CCC(N3CCNCC3)CC2)ccc1Nc1ncc(Cl)c(Nc2ccccc2P(C)(C)=O)n1.COc1cc(N2CC[C@@H](N(C)C)C2)ccc1Nc1ncc(Cl)c(Nc2ccccc2P(C)(C)=O)n1.COc1cc(P(C)(C)=O)ccc1Nc1ncc(Cl)c(Nc2ccc(C#N)cc2S(=O)(=O)C(C)C)n1.COc1cc(P(C)(C)=O)ccc1Nc1ncc(Cl)c(Nc2ccc(N3CCOCC3)cc2OC)n1. The van der Waals surface area contributed by atoms with Crippen LogP contribution < -0.4 is 107 Å². The van der Waals surface area contributed by atoms with Crippen LogP contribution in [0.15, 0.2) is 187 Å². The van der Waals surface area contributed by atoms with Gasteiger partial charge in [0.1, 0.15) is 77.4 Å². The molecule has 144 heavy (non-hydrogen) atoms. The van der Waals surface area contributed by atoms with E-state index in [0.717, 1.165) is 122 Å². The number of hydrogen-bond donors (Lipinski definition) is 9. The highest BCUT2D eigenvalue weighted by Gasteiger charge is 2.31. The fourth-order valence-electron chi connectivity index (χ4n) is 16.3. The molecule has 8 aromatic carbocycles. The first-order chi connectivity index (χ1) is 68.6. The third-order valence-corrected chi connectivity index (χ3v) is 33.7. The van der Waals surface area contributed by atoms with E-state index in [2.05, 4.69) is 145 Å². The molecule has 0 aliphatic carbocycles. The topological polar surface area (TPSA) is 409 Å². The van der Waals surface area contributed by atoms with Crippen LogP contribution in [0.5, 0.6) is 28.7 Å². The van der Waals surface area contributed by atoms with Crippen molar-refractivity contribution in [3.63, 3.8) is 0 Å². The zero-order valence-corrected chi connectivity index (χ0v) is 90.9. The van der Waals surface area contributed by atoms with Crippen molar-refractivity contribution in [3.05, 3.63) is 208 Å². The predicted octanol–water partition coefficient (Wildman–Crippen LogP) is 19.4. The van der Waals surface area contributed by atoms with E-state index < -0.39 is 43.7 Å². The van der Waals surface area contributed by atoms with Crippen LogP contribution in [0.1, 0.15) is 38.7 Å². The smallest absolute Gasteiger partial charge is 0.229 e. The van der Waals surface area contributed by atoms with Gasteiger partial charge in [0, 0.05) is 134 Å². The number of para-hydroxylation sites is 2. The summed E-state index contributed by atoms with van der Waals surface area (Å²) in [5.74, 6) is 5.74. The quantitative estimate of drug-likeness (QED) is 0.0177. The Morgan fingerprint density at radius 2 is 0.764 bits per heavy atom. The van der Waals surface area contributed by atoms with Crippen LogP contribution >= 0.6 is 75.0 Å². The van der Waals surface area contributed by atoms with Gasteiger partial charge in [-0.3, -0.25) is 4.90 Å². The van der Waals surface area contributed by atoms with E-state index in [0.29, 0.717) is 132 Å². The minimum Gasteiger partial charge on any atom is -0.495 e. The van der Waals surface area contributed by atoms with Gasteiger partial charge < -0.3 is 114 Å². The van der Waals surface area contributed by atoms with E-state index in [1.54, 1.807) is 132 Å². The summed E-state index contributed by atoms with van der Waals surface area (Å²) in [6.45, 7) is 28.5. The number of benzene rings is 8. The molecule has 0 spiro atoms. The predicted molar refractivity (Wildman–Crippen MR) is 589 cm³/mol. The maximum absolute atomic E-state index is 12.9. The van der Waals surface area contributed by atoms with Crippen LogP contribution in [0.2, 0.25) is 20.1 Å². The molecule has 4 aromatic heterocycles. The summed E-state index contributed by atoms with van der Waals surface area (Å²) >= 11 is 25.5. The average molecular weight is 2140 g/mol. The normalized spacial score (nSPS) is 14.8. The number of hydrogen-bond acceptors (Lipinski definition) is 35. The van der Waals surface area contributed by atoms with Gasteiger partial charge in [-0.15, -0.1) is 0 Å². The highest BCUT2D eigenvalue weighted by Crippen LogP contribution is 2.46. The molecule has 4 aliphatic rings. The number of morpholine rings is 1. The van der Waals surface area contributed by atoms with Crippen LogP contribution in [0.4, 0.5) is 110 Å². The summed E-state index contributed by atoms with van der Waals surface area (Å²) in [7, 11) is -1.37. The molecular weight excluding hydrogens is 2010 g/mol. The summed E-state index contributed by atoms with van der Waals surface area (Å²) in [4.78, 5) is 47.2. The van der Waals surface area contributed by atoms with Crippen molar-refractivity contribution in [1.82, 2.24) is 55.0 Å². The summed E-state index contributed by atoms with van der Waals surface area (Å²) in [5.41, 5.74) is 8.61. The summed E-state index contributed by atoms with van der Waals surface area (Å²) in [6.07, 6.45) is 9.44. The molecule has 44 heteroatoms. The van der Waals surface area contributed by atoms with E-state index >= 15 is 0 Å². The van der Waals surface area contributed by atoms with Crippen LogP contribution in [-0.4, -0.2) is 257 Å². The molecule has 9 N–H and O–H groups in total. The Morgan fingerprint density at radius 3 is 1.12 bits per heavy atom. The molecule has 4 saturated heterocycles. The van der Waals surface area contributed by atoms with Crippen LogP contribution in [0.25, 0.3) is 0 Å². The number of sulfone groups is 1. The molecule has 4 aliphatic heterocycles. The van der Waals surface area contributed by atoms with Gasteiger partial charge in [-0.05, 0) is 216 Å². The summed E-state index contributed by atoms with van der Waals surface area (Å²) in [5, 5.41) is 41.5. The number of halogens is 4. The van der Waals surface area contributed by atoms with Gasteiger partial charge in [0.05, 0.1) is 141 Å². The number of piperidine rings is 1. The van der Waals surface area contributed by atoms with E-state index in [1.807, 2.05) is 97.1 Å². The number of ether oxygens (including phenoxy) is 6. The Morgan fingerprint density at radius 1 is 0.424 bits per heavy atom. The molecule has 12 aromatic rings. The number of methoxy groups -OCH3 is 5. The minimum absolute atomic E-state index is 0.0310. The first kappa shape index (κ1) is 109. The second-order valence-corrected chi connectivity index (χ2v) is 53.2. The molecule has 0 unspecified atom stereocenters. The van der Waals surface area contributed by atoms with Gasteiger partial charge >= 0.3 is 0 Å². The van der Waals surface area contributed by atoms with Crippen molar-refractivity contribution in [3.8, 4) is 34.8 Å². The molecule has 1 atom stereocenters. The number of aromatic nitrogens is 8. The Kier molecular flexibility index (Phi) is 37.2. The van der Waals surface area contributed by atoms with Crippen molar-refractivity contribution in [2.75, 3.05) is 239 Å². The highest BCUT2D eigenvalue weighted by molar-refractivity contribution is 7.92. The number of piperazine rings is 1. The number of nitrogens with zero attached hydrogens (tertiary/aromatic N) is 14. The number of nitrogens with one attached hydrogen (secondary N) is 9. The number of likely N-dealkylation sites (N-methyl/N-ethyl adjacent to an activating group) is 1. The first-order valence-corrected chi connectivity index (χ1v) is 59.9. The Hall–Kier alpha value is -11.8. The molecule has 4 fully saturated rings. The zero-order valence-electron chi connectivity index (χ0n) is 83.5. The van der Waals surface area contributed by atoms with Crippen molar-refractivity contribution in [2.24, 2.45) is 0 Å². The monoisotopic (exact) mass is 2130 g/mol. The molecule has 8 heterocycles. The molecule has 0 saturated carbocycles. The lowest BCUT2D eigenvalue weighted by atomic mass is 10.0. The largest absolute Gasteiger partial charge is 0.495 e. The molecule has 764 valence electrons. The third kappa shape index (κ3) is 28.7.